The molecule has 4 rings (SSSR count). The van der Waals surface area contributed by atoms with E-state index in [1.165, 1.54) is 15.9 Å². The smallest absolute Gasteiger partial charge is 0.409 e. The van der Waals surface area contributed by atoms with E-state index in [-0.39, 0.29) is 51.3 Å². The average molecular weight is 598 g/mol. The lowest BCUT2D eigenvalue weighted by Crippen LogP contribution is -2.56. The maximum absolute atomic E-state index is 13.5. The number of aliphatic carboxylic acids is 1. The highest BCUT2D eigenvalue weighted by atomic mass is 16.6. The van der Waals surface area contributed by atoms with Crippen LogP contribution in [-0.2, 0) is 19.1 Å². The van der Waals surface area contributed by atoms with Crippen LogP contribution in [-0.4, -0.2) is 132 Å². The van der Waals surface area contributed by atoms with E-state index in [4.69, 9.17) is 9.47 Å². The standard InChI is InChI=1S/C29H39N7O7/c1-2-43-29(41)36-14-12-35(13-15-36)28(40)22(8-9-25(37)38)32-27(39)23-20-24(30-10-11-34-16-18-42-19-17-34)33-26(31-23)21-6-4-3-5-7-21/h3-7,20,22H,2,8-19H2,1H3,(H,32,39)(H,37,38)(H,30,31,33). The maximum Gasteiger partial charge on any atom is 0.409 e. The number of nitrogens with zero attached hydrogens (tertiary/aromatic N) is 5. The third-order valence-corrected chi connectivity index (χ3v) is 7.20. The number of rotatable bonds is 12. The molecular formula is C29H39N7O7. The number of amides is 3. The van der Waals surface area contributed by atoms with Crippen molar-refractivity contribution in [3.63, 3.8) is 0 Å². The van der Waals surface area contributed by atoms with Crippen molar-refractivity contribution in [1.29, 1.82) is 0 Å². The molecule has 43 heavy (non-hydrogen) atoms. The first-order valence-corrected chi connectivity index (χ1v) is 14.6. The van der Waals surface area contributed by atoms with Gasteiger partial charge in [0.2, 0.25) is 5.91 Å². The number of benzene rings is 1. The molecule has 0 bridgehead atoms. The third kappa shape index (κ3) is 9.35. The van der Waals surface area contributed by atoms with Crippen LogP contribution < -0.4 is 10.6 Å². The lowest BCUT2D eigenvalue weighted by atomic mass is 10.1. The first-order valence-electron chi connectivity index (χ1n) is 14.6. The van der Waals surface area contributed by atoms with Gasteiger partial charge in [-0.05, 0) is 13.3 Å². The van der Waals surface area contributed by atoms with Crippen LogP contribution in [0.1, 0.15) is 30.3 Å². The number of anilines is 1. The van der Waals surface area contributed by atoms with Gasteiger partial charge in [-0.3, -0.25) is 19.3 Å². The molecule has 0 spiro atoms. The minimum atomic E-state index is -1.09. The molecule has 2 aromatic rings. The highest BCUT2D eigenvalue weighted by Gasteiger charge is 2.31. The normalized spacial score (nSPS) is 16.3. The number of carbonyl (C=O) groups is 4. The molecular weight excluding hydrogens is 558 g/mol. The second-order valence-electron chi connectivity index (χ2n) is 10.2. The monoisotopic (exact) mass is 597 g/mol. The van der Waals surface area contributed by atoms with Gasteiger partial charge in [0, 0.05) is 70.4 Å². The Morgan fingerprint density at radius 3 is 2.37 bits per heavy atom. The zero-order chi connectivity index (χ0) is 30.6. The largest absolute Gasteiger partial charge is 0.481 e. The molecule has 2 aliphatic heterocycles. The summed E-state index contributed by atoms with van der Waals surface area (Å²) in [5.41, 5.74) is 0.759. The summed E-state index contributed by atoms with van der Waals surface area (Å²) in [5, 5.41) is 15.3. The lowest BCUT2D eigenvalue weighted by Gasteiger charge is -2.35. The van der Waals surface area contributed by atoms with Crippen molar-refractivity contribution >= 4 is 29.7 Å². The zero-order valence-corrected chi connectivity index (χ0v) is 24.4. The Labute approximate surface area is 250 Å². The van der Waals surface area contributed by atoms with Gasteiger partial charge in [0.1, 0.15) is 17.6 Å². The van der Waals surface area contributed by atoms with Crippen molar-refractivity contribution in [3.05, 3.63) is 42.1 Å². The van der Waals surface area contributed by atoms with Crippen LogP contribution in [0.4, 0.5) is 10.6 Å². The molecule has 3 N–H and O–H groups in total. The topological polar surface area (TPSA) is 167 Å². The number of aromatic nitrogens is 2. The number of ether oxygens (including phenoxy) is 2. The Bertz CT molecular complexity index is 1250. The summed E-state index contributed by atoms with van der Waals surface area (Å²) in [7, 11) is 0. The quantitative estimate of drug-likeness (QED) is 0.321. The van der Waals surface area contributed by atoms with Gasteiger partial charge in [0.05, 0.1) is 19.8 Å². The van der Waals surface area contributed by atoms with Gasteiger partial charge in [0.25, 0.3) is 5.91 Å². The summed E-state index contributed by atoms with van der Waals surface area (Å²) >= 11 is 0. The highest BCUT2D eigenvalue weighted by Crippen LogP contribution is 2.19. The fraction of sp³-hybridized carbons (Fsp3) is 0.517. The summed E-state index contributed by atoms with van der Waals surface area (Å²) < 4.78 is 10.4. The van der Waals surface area contributed by atoms with E-state index in [2.05, 4.69) is 25.5 Å². The molecule has 2 fully saturated rings. The molecule has 1 unspecified atom stereocenters. The van der Waals surface area contributed by atoms with Crippen LogP contribution in [0.15, 0.2) is 36.4 Å². The van der Waals surface area contributed by atoms with Crippen molar-refractivity contribution < 1.29 is 33.8 Å². The van der Waals surface area contributed by atoms with Crippen LogP contribution in [0, 0.1) is 0 Å². The van der Waals surface area contributed by atoms with Crippen molar-refractivity contribution in [2.75, 3.05) is 77.5 Å². The van der Waals surface area contributed by atoms with Crippen molar-refractivity contribution in [3.8, 4) is 11.4 Å². The van der Waals surface area contributed by atoms with Gasteiger partial charge in [-0.1, -0.05) is 30.3 Å². The van der Waals surface area contributed by atoms with Gasteiger partial charge in [-0.2, -0.15) is 0 Å². The Balaban J connectivity index is 1.48. The number of morpholine rings is 1. The molecule has 1 aromatic carbocycles. The molecule has 3 heterocycles. The first kappa shape index (κ1) is 31.6. The van der Waals surface area contributed by atoms with Crippen LogP contribution in [0.3, 0.4) is 0 Å². The minimum Gasteiger partial charge on any atom is -0.481 e. The molecule has 3 amide bonds. The van der Waals surface area contributed by atoms with E-state index in [1.807, 2.05) is 30.3 Å². The molecule has 1 atom stereocenters. The molecule has 0 radical (unpaired) electrons. The van der Waals surface area contributed by atoms with Gasteiger partial charge >= 0.3 is 12.1 Å². The second kappa shape index (κ2) is 15.8. The van der Waals surface area contributed by atoms with E-state index in [0.717, 1.165) is 19.6 Å². The summed E-state index contributed by atoms with van der Waals surface area (Å²) in [6, 6.07) is 9.67. The summed E-state index contributed by atoms with van der Waals surface area (Å²) in [5.74, 6) is -1.33. The number of hydrogen-bond acceptors (Lipinski definition) is 10. The zero-order valence-electron chi connectivity index (χ0n) is 24.4. The van der Waals surface area contributed by atoms with E-state index < -0.39 is 29.9 Å². The van der Waals surface area contributed by atoms with Crippen LogP contribution in [0.5, 0.6) is 0 Å². The lowest BCUT2D eigenvalue weighted by molar-refractivity contribution is -0.138. The summed E-state index contributed by atoms with van der Waals surface area (Å²) in [6.45, 7) is 7.42. The van der Waals surface area contributed by atoms with Crippen molar-refractivity contribution in [2.24, 2.45) is 0 Å². The Morgan fingerprint density at radius 1 is 1.00 bits per heavy atom. The van der Waals surface area contributed by atoms with Crippen molar-refractivity contribution in [2.45, 2.75) is 25.8 Å². The number of nitrogens with one attached hydrogen (secondary N) is 2. The number of hydrogen-bond donors (Lipinski definition) is 3. The Morgan fingerprint density at radius 2 is 1.70 bits per heavy atom. The molecule has 14 heteroatoms. The maximum atomic E-state index is 13.5. The minimum absolute atomic E-state index is 0.0444. The van der Waals surface area contributed by atoms with E-state index in [1.54, 1.807) is 6.92 Å². The van der Waals surface area contributed by atoms with E-state index >= 15 is 0 Å². The fourth-order valence-electron chi connectivity index (χ4n) is 4.84. The summed E-state index contributed by atoms with van der Waals surface area (Å²) in [4.78, 5) is 64.8. The van der Waals surface area contributed by atoms with Gasteiger partial charge in [-0.25, -0.2) is 14.8 Å². The fourth-order valence-corrected chi connectivity index (χ4v) is 4.84. The highest BCUT2D eigenvalue weighted by molar-refractivity contribution is 5.97. The second-order valence-corrected chi connectivity index (χ2v) is 10.2. The predicted octanol–water partition coefficient (Wildman–Crippen LogP) is 1.15. The molecule has 232 valence electrons. The molecule has 14 nitrogen and oxygen atoms in total. The Kier molecular flexibility index (Phi) is 11.6. The number of carboxylic acid groups (broad SMARTS) is 1. The third-order valence-electron chi connectivity index (χ3n) is 7.20. The molecule has 1 aromatic heterocycles. The van der Waals surface area contributed by atoms with Crippen LogP contribution in [0.2, 0.25) is 0 Å². The Hall–Kier alpha value is -4.30. The van der Waals surface area contributed by atoms with Crippen molar-refractivity contribution in [1.82, 2.24) is 30.0 Å². The number of carbonyl (C=O) groups excluding carboxylic acids is 3. The molecule has 0 aliphatic carbocycles. The predicted molar refractivity (Wildman–Crippen MR) is 157 cm³/mol. The molecule has 0 saturated carbocycles. The van der Waals surface area contributed by atoms with Crippen LogP contribution in [0.25, 0.3) is 11.4 Å². The van der Waals surface area contributed by atoms with E-state index in [0.29, 0.717) is 37.0 Å². The first-order chi connectivity index (χ1) is 20.8. The van der Waals surface area contributed by atoms with Gasteiger partial charge in [0.15, 0.2) is 5.82 Å². The SMILES string of the molecule is CCOC(=O)N1CCN(C(=O)C(CCC(=O)O)NC(=O)c2cc(NCCN3CCOCC3)nc(-c3ccccc3)n2)CC1. The van der Waals surface area contributed by atoms with Gasteiger partial charge < -0.3 is 35.0 Å². The molecule has 2 saturated heterocycles. The summed E-state index contributed by atoms with van der Waals surface area (Å²) in [6.07, 6.45) is -0.857. The van der Waals surface area contributed by atoms with Gasteiger partial charge in [-0.15, -0.1) is 0 Å². The van der Waals surface area contributed by atoms with E-state index in [9.17, 15) is 24.3 Å². The molecule has 2 aliphatic rings. The number of piperazine rings is 1. The average Bonchev–Trinajstić information content (AvgIpc) is 3.03. The number of carboxylic acids is 1. The van der Waals surface area contributed by atoms with Crippen LogP contribution >= 0.6 is 0 Å².